The molecule has 1 fully saturated rings. The van der Waals surface area contributed by atoms with Gasteiger partial charge < -0.3 is 14.9 Å². The van der Waals surface area contributed by atoms with Gasteiger partial charge in [-0.1, -0.05) is 48.5 Å². The summed E-state index contributed by atoms with van der Waals surface area (Å²) in [6, 6.07) is 15.9. The van der Waals surface area contributed by atoms with Crippen LogP contribution in [0.4, 0.5) is 0 Å². The number of rotatable bonds is 0. The molecule has 0 radical (unpaired) electrons. The monoisotopic (exact) mass is 252 g/mol. The van der Waals surface area contributed by atoms with Gasteiger partial charge in [0, 0.05) is 0 Å². The van der Waals surface area contributed by atoms with Crippen molar-refractivity contribution in [1.29, 1.82) is 0 Å². The highest BCUT2D eigenvalue weighted by Gasteiger charge is 2.82. The Kier molecular flexibility index (Phi) is 1.47. The largest absolute Gasteiger partial charge is 0.360 e. The highest BCUT2D eigenvalue weighted by atomic mass is 16.8. The van der Waals surface area contributed by atoms with E-state index in [1.165, 1.54) is 0 Å². The molecule has 3 heteroatoms. The van der Waals surface area contributed by atoms with Gasteiger partial charge in [0.25, 0.3) is 0 Å². The fourth-order valence-corrected chi connectivity index (χ4v) is 3.99. The van der Waals surface area contributed by atoms with Crippen LogP contribution in [0.2, 0.25) is 0 Å². The number of hydrogen-bond donors (Lipinski definition) is 2. The molecule has 2 unspecified atom stereocenters. The van der Waals surface area contributed by atoms with E-state index >= 15 is 0 Å². The van der Waals surface area contributed by atoms with Gasteiger partial charge >= 0.3 is 0 Å². The van der Waals surface area contributed by atoms with Crippen LogP contribution >= 0.6 is 0 Å². The zero-order valence-electron chi connectivity index (χ0n) is 10.1. The molecule has 0 spiro atoms. The van der Waals surface area contributed by atoms with Crippen LogP contribution in [0.5, 0.6) is 0 Å². The van der Waals surface area contributed by atoms with Gasteiger partial charge in [0.1, 0.15) is 0 Å². The zero-order valence-corrected chi connectivity index (χ0v) is 10.1. The molecule has 1 saturated heterocycles. The van der Waals surface area contributed by atoms with Crippen molar-refractivity contribution in [3.05, 3.63) is 70.8 Å². The summed E-state index contributed by atoms with van der Waals surface area (Å²) in [4.78, 5) is 0. The predicted molar refractivity (Wildman–Crippen MR) is 67.6 cm³/mol. The van der Waals surface area contributed by atoms with Gasteiger partial charge in [-0.2, -0.15) is 0 Å². The first-order chi connectivity index (χ1) is 9.17. The summed E-state index contributed by atoms with van der Waals surface area (Å²) in [5.41, 5.74) is 4.26. The SMILES string of the molecule is OC12OC1(O)C1c3ccccc3C2c2ccccc21. The molecule has 0 amide bonds. The lowest BCUT2D eigenvalue weighted by atomic mass is 9.61. The molecule has 2 aromatic rings. The van der Waals surface area contributed by atoms with Crippen molar-refractivity contribution >= 4 is 0 Å². The van der Waals surface area contributed by atoms with E-state index in [1.54, 1.807) is 0 Å². The summed E-state index contributed by atoms with van der Waals surface area (Å²) in [6.45, 7) is 0. The number of benzene rings is 2. The third-order valence-corrected chi connectivity index (χ3v) is 4.80. The first-order valence-corrected chi connectivity index (χ1v) is 6.49. The number of hydrogen-bond acceptors (Lipinski definition) is 3. The molecule has 3 nitrogen and oxygen atoms in total. The molecule has 3 aliphatic carbocycles. The maximum atomic E-state index is 10.6. The molecule has 2 N–H and O–H groups in total. The Morgan fingerprint density at radius 1 is 0.684 bits per heavy atom. The van der Waals surface area contributed by atoms with Gasteiger partial charge in [0.15, 0.2) is 0 Å². The van der Waals surface area contributed by atoms with Crippen molar-refractivity contribution in [2.75, 3.05) is 0 Å². The molecule has 0 aromatic heterocycles. The summed E-state index contributed by atoms with van der Waals surface area (Å²) >= 11 is 0. The third-order valence-electron chi connectivity index (χ3n) is 4.80. The van der Waals surface area contributed by atoms with Crippen LogP contribution in [0.3, 0.4) is 0 Å². The molecule has 1 heterocycles. The predicted octanol–water partition coefficient (Wildman–Crippen LogP) is 1.68. The Bertz CT molecular complexity index is 618. The molecule has 19 heavy (non-hydrogen) atoms. The normalized spacial score (nSPS) is 40.3. The minimum absolute atomic E-state index is 0.296. The van der Waals surface area contributed by atoms with Crippen molar-refractivity contribution in [3.8, 4) is 0 Å². The van der Waals surface area contributed by atoms with Crippen molar-refractivity contribution in [1.82, 2.24) is 0 Å². The molecule has 94 valence electrons. The van der Waals surface area contributed by atoms with Crippen LogP contribution in [0.1, 0.15) is 34.1 Å². The Balaban J connectivity index is 1.92. The van der Waals surface area contributed by atoms with Crippen LogP contribution in [0.25, 0.3) is 0 Å². The maximum Gasteiger partial charge on any atom is 0.236 e. The van der Waals surface area contributed by atoms with Crippen LogP contribution in [0.15, 0.2) is 48.5 Å². The van der Waals surface area contributed by atoms with E-state index in [9.17, 15) is 10.2 Å². The standard InChI is InChI=1S/C16H12O3/c17-15-13-9-5-1-2-6-10(9)14(16(15,18)19-15)12-8-4-3-7-11(12)13/h1-8,13-14,17-18H. The lowest BCUT2D eigenvalue weighted by Gasteiger charge is -2.42. The second-order valence-corrected chi connectivity index (χ2v) is 5.62. The van der Waals surface area contributed by atoms with E-state index in [-0.39, 0.29) is 11.8 Å². The highest BCUT2D eigenvalue weighted by molar-refractivity contribution is 5.62. The number of aliphatic hydroxyl groups is 2. The van der Waals surface area contributed by atoms with E-state index in [1.807, 2.05) is 48.5 Å². The van der Waals surface area contributed by atoms with E-state index in [0.29, 0.717) is 0 Å². The average molecular weight is 252 g/mol. The Morgan fingerprint density at radius 2 is 1.00 bits per heavy atom. The fourth-order valence-electron chi connectivity index (χ4n) is 3.99. The van der Waals surface area contributed by atoms with Gasteiger partial charge in [-0.15, -0.1) is 0 Å². The lowest BCUT2D eigenvalue weighted by molar-refractivity contribution is -0.0154. The first kappa shape index (κ1) is 10.1. The Morgan fingerprint density at radius 3 is 1.32 bits per heavy atom. The second-order valence-electron chi connectivity index (χ2n) is 5.62. The highest BCUT2D eigenvalue weighted by Crippen LogP contribution is 2.71. The first-order valence-electron chi connectivity index (χ1n) is 6.49. The maximum absolute atomic E-state index is 10.6. The van der Waals surface area contributed by atoms with Crippen LogP contribution in [-0.4, -0.2) is 21.8 Å². The van der Waals surface area contributed by atoms with Crippen molar-refractivity contribution in [2.45, 2.75) is 23.4 Å². The Hall–Kier alpha value is -1.68. The summed E-state index contributed by atoms with van der Waals surface area (Å²) in [5, 5.41) is 21.2. The molecule has 2 bridgehead atoms. The summed E-state index contributed by atoms with van der Waals surface area (Å²) < 4.78 is 5.42. The fraction of sp³-hybridized carbons (Fsp3) is 0.250. The van der Waals surface area contributed by atoms with Crippen LogP contribution in [0, 0.1) is 0 Å². The molecule has 2 atom stereocenters. The number of ether oxygens (including phenoxy) is 1. The van der Waals surface area contributed by atoms with Gasteiger partial charge in [-0.3, -0.25) is 0 Å². The Labute approximate surface area is 110 Å². The molecular weight excluding hydrogens is 240 g/mol. The molecule has 2 aromatic carbocycles. The quantitative estimate of drug-likeness (QED) is 0.701. The smallest absolute Gasteiger partial charge is 0.236 e. The van der Waals surface area contributed by atoms with Crippen LogP contribution in [-0.2, 0) is 4.74 Å². The van der Waals surface area contributed by atoms with E-state index in [4.69, 9.17) is 4.74 Å². The summed E-state index contributed by atoms with van der Waals surface area (Å²) in [5.74, 6) is -3.51. The van der Waals surface area contributed by atoms with Crippen LogP contribution < -0.4 is 0 Å². The molecule has 4 aliphatic rings. The zero-order chi connectivity index (χ0) is 12.8. The van der Waals surface area contributed by atoms with Gasteiger partial charge in [0.2, 0.25) is 11.6 Å². The van der Waals surface area contributed by atoms with E-state index < -0.39 is 11.6 Å². The van der Waals surface area contributed by atoms with Gasteiger partial charge in [-0.25, -0.2) is 0 Å². The van der Waals surface area contributed by atoms with E-state index in [0.717, 1.165) is 22.3 Å². The van der Waals surface area contributed by atoms with Gasteiger partial charge in [-0.05, 0) is 22.3 Å². The third kappa shape index (κ3) is 0.890. The lowest BCUT2D eigenvalue weighted by Crippen LogP contribution is -2.47. The average Bonchev–Trinajstić information content (AvgIpc) is 3.02. The summed E-state index contributed by atoms with van der Waals surface area (Å²) in [7, 11) is 0. The van der Waals surface area contributed by atoms with E-state index in [2.05, 4.69) is 0 Å². The minimum Gasteiger partial charge on any atom is -0.360 e. The molecule has 0 saturated carbocycles. The van der Waals surface area contributed by atoms with Crippen molar-refractivity contribution in [3.63, 3.8) is 0 Å². The molecule has 6 rings (SSSR count). The summed E-state index contributed by atoms with van der Waals surface area (Å²) in [6.07, 6.45) is 0. The number of epoxide rings is 1. The van der Waals surface area contributed by atoms with Crippen molar-refractivity contribution < 1.29 is 14.9 Å². The molecule has 1 aliphatic heterocycles. The minimum atomic E-state index is -1.46. The van der Waals surface area contributed by atoms with Gasteiger partial charge in [0.05, 0.1) is 11.8 Å². The van der Waals surface area contributed by atoms with Crippen molar-refractivity contribution in [2.24, 2.45) is 0 Å². The topological polar surface area (TPSA) is 53.0 Å². The second kappa shape index (κ2) is 2.75. The molecular formula is C16H12O3.